The molecular formula is C26H33N3O3. The molecule has 6 nitrogen and oxygen atoms in total. The van der Waals surface area contributed by atoms with Crippen LogP contribution >= 0.6 is 0 Å². The summed E-state index contributed by atoms with van der Waals surface area (Å²) < 4.78 is 13.2. The van der Waals surface area contributed by atoms with Crippen molar-refractivity contribution in [3.63, 3.8) is 0 Å². The highest BCUT2D eigenvalue weighted by atomic mass is 16.5. The topological polar surface area (TPSA) is 56.6 Å². The highest BCUT2D eigenvalue weighted by molar-refractivity contribution is 5.77. The molecule has 1 saturated heterocycles. The normalized spacial score (nSPS) is 15.2. The van der Waals surface area contributed by atoms with E-state index in [0.717, 1.165) is 49.8 Å². The summed E-state index contributed by atoms with van der Waals surface area (Å²) >= 11 is 0. The summed E-state index contributed by atoms with van der Waals surface area (Å²) in [5, 5.41) is 0.664. The maximum absolute atomic E-state index is 13.2. The predicted octanol–water partition coefficient (Wildman–Crippen LogP) is 4.00. The van der Waals surface area contributed by atoms with E-state index in [-0.39, 0.29) is 11.0 Å². The third-order valence-corrected chi connectivity index (χ3v) is 5.92. The Morgan fingerprint density at radius 2 is 1.75 bits per heavy atom. The molecule has 0 N–H and O–H groups in total. The molecule has 32 heavy (non-hydrogen) atoms. The number of aromatic nitrogens is 2. The molecule has 0 unspecified atom stereocenters. The van der Waals surface area contributed by atoms with Gasteiger partial charge in [0.2, 0.25) is 0 Å². The predicted molar refractivity (Wildman–Crippen MR) is 127 cm³/mol. The van der Waals surface area contributed by atoms with Gasteiger partial charge in [0.1, 0.15) is 11.6 Å². The van der Waals surface area contributed by atoms with Crippen LogP contribution in [0.2, 0.25) is 0 Å². The molecule has 1 fully saturated rings. The van der Waals surface area contributed by atoms with Crippen molar-refractivity contribution >= 4 is 10.9 Å². The first-order valence-corrected chi connectivity index (χ1v) is 11.4. The van der Waals surface area contributed by atoms with Crippen LogP contribution < -0.4 is 10.3 Å². The van der Waals surface area contributed by atoms with Gasteiger partial charge < -0.3 is 9.47 Å². The van der Waals surface area contributed by atoms with Crippen LogP contribution in [0.5, 0.6) is 5.75 Å². The summed E-state index contributed by atoms with van der Waals surface area (Å²) in [6, 6.07) is 15.9. The number of hydrogen-bond acceptors (Lipinski definition) is 5. The van der Waals surface area contributed by atoms with E-state index in [9.17, 15) is 4.79 Å². The molecule has 1 aliphatic heterocycles. The number of fused-ring (bicyclic) bond motifs is 1. The molecule has 0 aliphatic carbocycles. The minimum atomic E-state index is 0.0217. The standard InChI is InChI=1S/C26H33N3O3/c1-26(2,3)20-9-11-21(12-10-20)32-16-6-13-29-24(19-28-14-17-31-18-15-28)27-23-8-5-4-7-22(23)25(29)30/h4-5,7-12H,6,13-19H2,1-3H3. The van der Waals surface area contributed by atoms with Crippen LogP contribution in [-0.4, -0.2) is 47.4 Å². The lowest BCUT2D eigenvalue weighted by Crippen LogP contribution is -2.38. The molecule has 4 rings (SSSR count). The smallest absolute Gasteiger partial charge is 0.261 e. The molecule has 1 aliphatic rings. The fourth-order valence-electron chi connectivity index (χ4n) is 3.99. The average Bonchev–Trinajstić information content (AvgIpc) is 2.79. The van der Waals surface area contributed by atoms with Crippen molar-refractivity contribution in [3.05, 3.63) is 70.3 Å². The third-order valence-electron chi connectivity index (χ3n) is 5.92. The molecule has 170 valence electrons. The van der Waals surface area contributed by atoms with E-state index >= 15 is 0 Å². The van der Waals surface area contributed by atoms with Gasteiger partial charge in [0.05, 0.1) is 37.3 Å². The molecule has 2 aromatic carbocycles. The van der Waals surface area contributed by atoms with Crippen molar-refractivity contribution in [2.45, 2.75) is 45.7 Å². The second-order valence-corrected chi connectivity index (χ2v) is 9.37. The zero-order valence-corrected chi connectivity index (χ0v) is 19.3. The molecule has 0 spiro atoms. The lowest BCUT2D eigenvalue weighted by molar-refractivity contribution is 0.0324. The largest absolute Gasteiger partial charge is 0.494 e. The average molecular weight is 436 g/mol. The Morgan fingerprint density at radius 1 is 1.03 bits per heavy atom. The van der Waals surface area contributed by atoms with Gasteiger partial charge in [0, 0.05) is 19.6 Å². The van der Waals surface area contributed by atoms with Gasteiger partial charge in [-0.1, -0.05) is 45.0 Å². The van der Waals surface area contributed by atoms with Crippen molar-refractivity contribution in [2.24, 2.45) is 0 Å². The summed E-state index contributed by atoms with van der Waals surface area (Å²) in [5.41, 5.74) is 2.19. The van der Waals surface area contributed by atoms with Crippen LogP contribution in [0.1, 0.15) is 38.6 Å². The monoisotopic (exact) mass is 435 g/mol. The molecule has 3 aromatic rings. The van der Waals surface area contributed by atoms with E-state index in [1.54, 1.807) is 0 Å². The first-order chi connectivity index (χ1) is 15.4. The molecular weight excluding hydrogens is 402 g/mol. The fraction of sp³-hybridized carbons (Fsp3) is 0.462. The Balaban J connectivity index is 1.45. The molecule has 2 heterocycles. The van der Waals surface area contributed by atoms with Crippen molar-refractivity contribution in [3.8, 4) is 5.75 Å². The minimum absolute atomic E-state index is 0.0217. The van der Waals surface area contributed by atoms with E-state index < -0.39 is 0 Å². The van der Waals surface area contributed by atoms with E-state index in [4.69, 9.17) is 14.5 Å². The molecule has 0 saturated carbocycles. The van der Waals surface area contributed by atoms with E-state index in [2.05, 4.69) is 37.8 Å². The molecule has 1 aromatic heterocycles. The second-order valence-electron chi connectivity index (χ2n) is 9.37. The summed E-state index contributed by atoms with van der Waals surface area (Å²) in [6.07, 6.45) is 0.733. The highest BCUT2D eigenvalue weighted by Gasteiger charge is 2.17. The Hall–Kier alpha value is -2.70. The van der Waals surface area contributed by atoms with Gasteiger partial charge in [-0.3, -0.25) is 14.3 Å². The van der Waals surface area contributed by atoms with Crippen LogP contribution in [0, 0.1) is 0 Å². The number of para-hydroxylation sites is 1. The Labute approximate surface area is 189 Å². The lowest BCUT2D eigenvalue weighted by Gasteiger charge is -2.27. The molecule has 0 atom stereocenters. The number of nitrogens with zero attached hydrogens (tertiary/aromatic N) is 3. The number of rotatable bonds is 7. The van der Waals surface area contributed by atoms with Gasteiger partial charge >= 0.3 is 0 Å². The van der Waals surface area contributed by atoms with Crippen LogP contribution in [-0.2, 0) is 23.2 Å². The third kappa shape index (κ3) is 5.37. The van der Waals surface area contributed by atoms with Crippen molar-refractivity contribution in [2.75, 3.05) is 32.9 Å². The van der Waals surface area contributed by atoms with Crippen molar-refractivity contribution in [1.29, 1.82) is 0 Å². The zero-order chi connectivity index (χ0) is 22.6. The van der Waals surface area contributed by atoms with Gasteiger partial charge in [-0.15, -0.1) is 0 Å². The quantitative estimate of drug-likeness (QED) is 0.525. The van der Waals surface area contributed by atoms with Gasteiger partial charge in [-0.05, 0) is 41.7 Å². The van der Waals surface area contributed by atoms with Gasteiger partial charge in [0.25, 0.3) is 5.56 Å². The van der Waals surface area contributed by atoms with E-state index in [0.29, 0.717) is 25.1 Å². The number of morpholine rings is 1. The Morgan fingerprint density at radius 3 is 2.47 bits per heavy atom. The summed E-state index contributed by atoms with van der Waals surface area (Å²) in [6.45, 7) is 11.5. The molecule has 0 radical (unpaired) electrons. The molecule has 0 amide bonds. The van der Waals surface area contributed by atoms with Crippen LogP contribution in [0.25, 0.3) is 10.9 Å². The summed E-state index contributed by atoms with van der Waals surface area (Å²) in [4.78, 5) is 20.4. The van der Waals surface area contributed by atoms with Crippen LogP contribution in [0.15, 0.2) is 53.3 Å². The molecule has 6 heteroatoms. The first-order valence-electron chi connectivity index (χ1n) is 11.4. The lowest BCUT2D eigenvalue weighted by atomic mass is 9.87. The Kier molecular flexibility index (Phi) is 6.92. The van der Waals surface area contributed by atoms with Crippen LogP contribution in [0.4, 0.5) is 0 Å². The van der Waals surface area contributed by atoms with Crippen molar-refractivity contribution in [1.82, 2.24) is 14.5 Å². The SMILES string of the molecule is CC(C)(C)c1ccc(OCCCn2c(CN3CCOCC3)nc3ccccc3c2=O)cc1. The van der Waals surface area contributed by atoms with Gasteiger partial charge in [-0.25, -0.2) is 4.98 Å². The maximum Gasteiger partial charge on any atom is 0.261 e. The fourth-order valence-corrected chi connectivity index (χ4v) is 3.99. The van der Waals surface area contributed by atoms with E-state index in [1.807, 2.05) is 41.0 Å². The second kappa shape index (κ2) is 9.84. The highest BCUT2D eigenvalue weighted by Crippen LogP contribution is 2.24. The summed E-state index contributed by atoms with van der Waals surface area (Å²) in [5.74, 6) is 1.67. The zero-order valence-electron chi connectivity index (χ0n) is 19.3. The molecule has 0 bridgehead atoms. The number of ether oxygens (including phenoxy) is 2. The maximum atomic E-state index is 13.2. The number of benzene rings is 2. The summed E-state index contributed by atoms with van der Waals surface area (Å²) in [7, 11) is 0. The van der Waals surface area contributed by atoms with Gasteiger partial charge in [0.15, 0.2) is 0 Å². The van der Waals surface area contributed by atoms with Crippen molar-refractivity contribution < 1.29 is 9.47 Å². The van der Waals surface area contributed by atoms with Gasteiger partial charge in [-0.2, -0.15) is 0 Å². The minimum Gasteiger partial charge on any atom is -0.494 e. The van der Waals surface area contributed by atoms with E-state index in [1.165, 1.54) is 5.56 Å². The number of hydrogen-bond donors (Lipinski definition) is 0. The first kappa shape index (κ1) is 22.5. The van der Waals surface area contributed by atoms with Crippen LogP contribution in [0.3, 0.4) is 0 Å². The Bertz CT molecular complexity index is 1090.